The minimum absolute atomic E-state index is 0.780. The number of nitrogens with zero attached hydrogens (tertiary/aromatic N) is 3. The van der Waals surface area contributed by atoms with E-state index in [9.17, 15) is 0 Å². The second-order valence-electron chi connectivity index (χ2n) is 7.34. The predicted octanol–water partition coefficient (Wildman–Crippen LogP) is 4.52. The number of fused-ring (bicyclic) bond motifs is 1. The Bertz CT molecular complexity index is 685. The monoisotopic (exact) mass is 335 g/mol. The fourth-order valence-electron chi connectivity index (χ4n) is 4.32. The van der Waals surface area contributed by atoms with Gasteiger partial charge in [0.25, 0.3) is 0 Å². The first kappa shape index (κ1) is 16.5. The number of hydrogen-bond donors (Lipinski definition) is 0. The Labute approximate surface area is 151 Å². The Morgan fingerprint density at radius 1 is 0.840 bits per heavy atom. The van der Waals surface area contributed by atoms with Gasteiger partial charge in [-0.05, 0) is 57.0 Å². The molecule has 0 N–H and O–H groups in total. The lowest BCUT2D eigenvalue weighted by Crippen LogP contribution is -2.40. The van der Waals surface area contributed by atoms with E-state index in [1.54, 1.807) is 0 Å². The Hall–Kier alpha value is -2.00. The fourth-order valence-corrected chi connectivity index (χ4v) is 4.32. The minimum atomic E-state index is 0.780. The summed E-state index contributed by atoms with van der Waals surface area (Å²) in [6, 6.07) is 20.4. The fraction of sp³-hybridized carbons (Fsp3) is 0.455. The topological polar surface area (TPSA) is 9.72 Å². The Balaban J connectivity index is 1.45. The first-order valence-corrected chi connectivity index (χ1v) is 9.73. The first-order chi connectivity index (χ1) is 12.3. The van der Waals surface area contributed by atoms with E-state index in [2.05, 4.69) is 76.2 Å². The molecule has 1 atom stereocenters. The third kappa shape index (κ3) is 3.52. The third-order valence-electron chi connectivity index (χ3n) is 5.74. The van der Waals surface area contributed by atoms with Crippen LogP contribution in [0.5, 0.6) is 0 Å². The highest BCUT2D eigenvalue weighted by atomic mass is 15.3. The Kier molecular flexibility index (Phi) is 4.93. The molecule has 0 spiro atoms. The summed E-state index contributed by atoms with van der Waals surface area (Å²) in [5.74, 6) is 0. The number of para-hydroxylation sites is 3. The van der Waals surface area contributed by atoms with Crippen LogP contribution in [0.25, 0.3) is 0 Å². The van der Waals surface area contributed by atoms with Gasteiger partial charge in [-0.1, -0.05) is 30.3 Å². The molecule has 0 radical (unpaired) electrons. The lowest BCUT2D eigenvalue weighted by Gasteiger charge is -2.39. The molecule has 25 heavy (non-hydrogen) atoms. The van der Waals surface area contributed by atoms with Crippen LogP contribution >= 0.6 is 0 Å². The SMILES string of the molecule is CC1CCCN1CCCN1CCN(c2ccccc2)c2ccccc21. The van der Waals surface area contributed by atoms with Gasteiger partial charge in [-0.15, -0.1) is 0 Å². The minimum Gasteiger partial charge on any atom is -0.368 e. The zero-order valence-corrected chi connectivity index (χ0v) is 15.3. The van der Waals surface area contributed by atoms with E-state index in [1.807, 2.05) is 0 Å². The van der Waals surface area contributed by atoms with E-state index in [0.717, 1.165) is 25.7 Å². The van der Waals surface area contributed by atoms with Crippen LogP contribution in [0.2, 0.25) is 0 Å². The molecular formula is C22H29N3. The van der Waals surface area contributed by atoms with Crippen molar-refractivity contribution in [2.24, 2.45) is 0 Å². The van der Waals surface area contributed by atoms with Crippen molar-refractivity contribution in [1.29, 1.82) is 0 Å². The van der Waals surface area contributed by atoms with Crippen molar-refractivity contribution in [2.45, 2.75) is 32.2 Å². The largest absolute Gasteiger partial charge is 0.368 e. The number of likely N-dealkylation sites (tertiary alicyclic amines) is 1. The second-order valence-corrected chi connectivity index (χ2v) is 7.34. The zero-order chi connectivity index (χ0) is 17.1. The lowest BCUT2D eigenvalue weighted by molar-refractivity contribution is 0.266. The van der Waals surface area contributed by atoms with Crippen LogP contribution in [-0.4, -0.2) is 43.7 Å². The second kappa shape index (κ2) is 7.49. The van der Waals surface area contributed by atoms with Crippen molar-refractivity contribution in [3.63, 3.8) is 0 Å². The molecule has 1 fully saturated rings. The normalized spacial score (nSPS) is 20.8. The average Bonchev–Trinajstić information content (AvgIpc) is 3.07. The molecule has 1 saturated heterocycles. The van der Waals surface area contributed by atoms with E-state index in [4.69, 9.17) is 0 Å². The van der Waals surface area contributed by atoms with Crippen molar-refractivity contribution in [1.82, 2.24) is 4.90 Å². The van der Waals surface area contributed by atoms with Crippen molar-refractivity contribution in [2.75, 3.05) is 42.5 Å². The molecule has 2 aromatic rings. The van der Waals surface area contributed by atoms with Gasteiger partial charge >= 0.3 is 0 Å². The first-order valence-electron chi connectivity index (χ1n) is 9.73. The van der Waals surface area contributed by atoms with Crippen molar-refractivity contribution in [3.05, 3.63) is 54.6 Å². The average molecular weight is 335 g/mol. The number of anilines is 3. The maximum Gasteiger partial charge on any atom is 0.0649 e. The summed E-state index contributed by atoms with van der Waals surface area (Å²) in [4.78, 5) is 7.69. The molecule has 0 saturated carbocycles. The molecule has 2 aromatic carbocycles. The van der Waals surface area contributed by atoms with Crippen molar-refractivity contribution >= 4 is 17.1 Å². The van der Waals surface area contributed by atoms with Gasteiger partial charge in [0.2, 0.25) is 0 Å². The summed E-state index contributed by atoms with van der Waals surface area (Å²) in [5, 5.41) is 0. The quantitative estimate of drug-likeness (QED) is 0.795. The molecular weight excluding hydrogens is 306 g/mol. The highest BCUT2D eigenvalue weighted by Crippen LogP contribution is 2.37. The highest BCUT2D eigenvalue weighted by Gasteiger charge is 2.24. The summed E-state index contributed by atoms with van der Waals surface area (Å²) < 4.78 is 0. The van der Waals surface area contributed by atoms with Gasteiger partial charge in [0.1, 0.15) is 0 Å². The molecule has 4 rings (SSSR count). The maximum absolute atomic E-state index is 2.66. The molecule has 0 amide bonds. The predicted molar refractivity (Wildman–Crippen MR) is 107 cm³/mol. The molecule has 0 aliphatic carbocycles. The van der Waals surface area contributed by atoms with Gasteiger partial charge in [0.05, 0.1) is 11.4 Å². The van der Waals surface area contributed by atoms with Gasteiger partial charge in [-0.3, -0.25) is 0 Å². The van der Waals surface area contributed by atoms with Gasteiger partial charge < -0.3 is 14.7 Å². The molecule has 132 valence electrons. The van der Waals surface area contributed by atoms with E-state index in [0.29, 0.717) is 0 Å². The standard InChI is InChI=1S/C22H29N3/c1-19-9-7-14-23(19)15-8-16-24-17-18-25(20-10-3-2-4-11-20)22-13-6-5-12-21(22)24/h2-6,10-13,19H,7-9,14-18H2,1H3. The van der Waals surface area contributed by atoms with Crippen LogP contribution in [-0.2, 0) is 0 Å². The van der Waals surface area contributed by atoms with E-state index < -0.39 is 0 Å². The van der Waals surface area contributed by atoms with Gasteiger partial charge in [-0.25, -0.2) is 0 Å². The van der Waals surface area contributed by atoms with Crippen LogP contribution in [0.15, 0.2) is 54.6 Å². The summed E-state index contributed by atoms with van der Waals surface area (Å²) in [6.07, 6.45) is 4.00. The summed E-state index contributed by atoms with van der Waals surface area (Å²) in [5.41, 5.74) is 4.02. The molecule has 2 aliphatic rings. The van der Waals surface area contributed by atoms with E-state index in [-0.39, 0.29) is 0 Å². The molecule has 1 unspecified atom stereocenters. The van der Waals surface area contributed by atoms with Crippen LogP contribution in [0.4, 0.5) is 17.1 Å². The summed E-state index contributed by atoms with van der Waals surface area (Å²) in [6.45, 7) is 8.22. The number of hydrogen-bond acceptors (Lipinski definition) is 3. The van der Waals surface area contributed by atoms with Crippen LogP contribution in [0.1, 0.15) is 26.2 Å². The van der Waals surface area contributed by atoms with Crippen molar-refractivity contribution in [3.8, 4) is 0 Å². The molecule has 3 nitrogen and oxygen atoms in total. The molecule has 0 bridgehead atoms. The maximum atomic E-state index is 2.66. The smallest absolute Gasteiger partial charge is 0.0649 e. The lowest BCUT2D eigenvalue weighted by atomic mass is 10.1. The van der Waals surface area contributed by atoms with Gasteiger partial charge in [0, 0.05) is 37.9 Å². The molecule has 2 aliphatic heterocycles. The van der Waals surface area contributed by atoms with Crippen LogP contribution in [0.3, 0.4) is 0 Å². The molecule has 2 heterocycles. The summed E-state index contributed by atoms with van der Waals surface area (Å²) >= 11 is 0. The van der Waals surface area contributed by atoms with E-state index >= 15 is 0 Å². The Morgan fingerprint density at radius 2 is 1.60 bits per heavy atom. The third-order valence-corrected chi connectivity index (χ3v) is 5.74. The zero-order valence-electron chi connectivity index (χ0n) is 15.3. The highest BCUT2D eigenvalue weighted by molar-refractivity contribution is 5.79. The van der Waals surface area contributed by atoms with Gasteiger partial charge in [0.15, 0.2) is 0 Å². The van der Waals surface area contributed by atoms with E-state index in [1.165, 1.54) is 49.4 Å². The number of rotatable bonds is 5. The molecule has 0 aromatic heterocycles. The van der Waals surface area contributed by atoms with Crippen LogP contribution < -0.4 is 9.80 Å². The van der Waals surface area contributed by atoms with Crippen molar-refractivity contribution < 1.29 is 0 Å². The van der Waals surface area contributed by atoms with Crippen LogP contribution in [0, 0.1) is 0 Å². The molecule has 3 heteroatoms. The van der Waals surface area contributed by atoms with Gasteiger partial charge in [-0.2, -0.15) is 0 Å². The number of benzene rings is 2. The summed E-state index contributed by atoms with van der Waals surface area (Å²) in [7, 11) is 0. The Morgan fingerprint density at radius 3 is 2.36 bits per heavy atom.